The van der Waals surface area contributed by atoms with Gasteiger partial charge in [0.1, 0.15) is 18.0 Å². The van der Waals surface area contributed by atoms with Crippen LogP contribution in [0.5, 0.6) is 5.75 Å². The Balaban J connectivity index is 1.79. The molecule has 0 aliphatic rings. The summed E-state index contributed by atoms with van der Waals surface area (Å²) in [6.45, 7) is -0.716. The number of carbonyl (C=O) groups excluding carboxylic acids is 1. The molecule has 0 aromatic heterocycles. The van der Waals surface area contributed by atoms with Crippen LogP contribution in [0.25, 0.3) is 0 Å². The summed E-state index contributed by atoms with van der Waals surface area (Å²) < 4.78 is 58.2. The highest BCUT2D eigenvalue weighted by Crippen LogP contribution is 2.33. The minimum absolute atomic E-state index is 0.0132. The molecule has 0 saturated carbocycles. The van der Waals surface area contributed by atoms with Crippen molar-refractivity contribution in [2.24, 2.45) is 0 Å². The summed E-state index contributed by atoms with van der Waals surface area (Å²) in [7, 11) is -6.67. The highest BCUT2D eigenvalue weighted by molar-refractivity contribution is 7.92. The number of methoxy groups -OCH3 is 1. The van der Waals surface area contributed by atoms with E-state index in [9.17, 15) is 31.7 Å². The number of benzene rings is 3. The van der Waals surface area contributed by atoms with Gasteiger partial charge in [-0.2, -0.15) is 0 Å². The third-order valence-electron chi connectivity index (χ3n) is 4.80. The molecule has 36 heavy (non-hydrogen) atoms. The van der Waals surface area contributed by atoms with Gasteiger partial charge in [-0.1, -0.05) is 18.2 Å². The summed E-state index contributed by atoms with van der Waals surface area (Å²) in [5.74, 6) is -0.758. The molecular weight excluding hydrogens is 512 g/mol. The molecule has 0 saturated heterocycles. The highest BCUT2D eigenvalue weighted by atomic mass is 32.2. The molecule has 0 bridgehead atoms. The topological polar surface area (TPSA) is 165 Å². The van der Waals surface area contributed by atoms with Gasteiger partial charge in [0.15, 0.2) is 0 Å². The van der Waals surface area contributed by atoms with Gasteiger partial charge in [0.25, 0.3) is 15.7 Å². The maximum atomic E-state index is 12.7. The molecule has 3 rings (SSSR count). The first kappa shape index (κ1) is 26.4. The molecule has 0 aliphatic heterocycles. The fourth-order valence-electron chi connectivity index (χ4n) is 3.14. The summed E-state index contributed by atoms with van der Waals surface area (Å²) in [5.41, 5.74) is 0.0176. The molecule has 14 heteroatoms. The molecule has 0 fully saturated rings. The second-order valence-electron chi connectivity index (χ2n) is 7.43. The molecule has 190 valence electrons. The Morgan fingerprint density at radius 3 is 2.17 bits per heavy atom. The van der Waals surface area contributed by atoms with Crippen molar-refractivity contribution in [1.82, 2.24) is 0 Å². The van der Waals surface area contributed by atoms with E-state index in [0.29, 0.717) is 9.99 Å². The fraction of sp³-hybridized carbons (Fsp3) is 0.136. The van der Waals surface area contributed by atoms with Gasteiger partial charge >= 0.3 is 0 Å². The fourth-order valence-corrected chi connectivity index (χ4v) is 5.05. The third kappa shape index (κ3) is 6.49. The van der Waals surface area contributed by atoms with E-state index in [1.54, 1.807) is 30.3 Å². The predicted octanol–water partition coefficient (Wildman–Crippen LogP) is 2.81. The second-order valence-corrected chi connectivity index (χ2v) is 11.0. The van der Waals surface area contributed by atoms with Crippen LogP contribution in [0, 0.1) is 10.1 Å². The van der Waals surface area contributed by atoms with E-state index < -0.39 is 37.4 Å². The van der Waals surface area contributed by atoms with Crippen molar-refractivity contribution in [3.63, 3.8) is 0 Å². The number of non-ortho nitro benzene ring substituents is 1. The summed E-state index contributed by atoms with van der Waals surface area (Å²) in [6.07, 6.45) is 0.845. The number of hydrogen-bond donors (Lipinski definition) is 2. The molecule has 2 N–H and O–H groups in total. The lowest BCUT2D eigenvalue weighted by Crippen LogP contribution is -2.37. The van der Waals surface area contributed by atoms with Gasteiger partial charge in [0.2, 0.25) is 15.9 Å². The van der Waals surface area contributed by atoms with Crippen LogP contribution >= 0.6 is 0 Å². The molecule has 1 amide bonds. The van der Waals surface area contributed by atoms with E-state index in [1.165, 1.54) is 37.4 Å². The Kier molecular flexibility index (Phi) is 7.80. The first-order chi connectivity index (χ1) is 16.9. The monoisotopic (exact) mass is 534 g/mol. The van der Waals surface area contributed by atoms with Crippen molar-refractivity contribution < 1.29 is 31.3 Å². The molecule has 0 aliphatic carbocycles. The Bertz CT molecular complexity index is 1480. The number of ether oxygens (including phenoxy) is 1. The van der Waals surface area contributed by atoms with Crippen molar-refractivity contribution in [2.45, 2.75) is 4.90 Å². The largest absolute Gasteiger partial charge is 0.495 e. The van der Waals surface area contributed by atoms with Gasteiger partial charge in [0, 0.05) is 23.5 Å². The lowest BCUT2D eigenvalue weighted by molar-refractivity contribution is -0.384. The van der Waals surface area contributed by atoms with Crippen molar-refractivity contribution >= 4 is 48.7 Å². The number of hydrogen-bond acceptors (Lipinski definition) is 8. The van der Waals surface area contributed by atoms with Gasteiger partial charge in [-0.15, -0.1) is 0 Å². The van der Waals surface area contributed by atoms with Crippen molar-refractivity contribution in [2.75, 3.05) is 34.3 Å². The van der Waals surface area contributed by atoms with Crippen molar-refractivity contribution in [3.05, 3.63) is 82.9 Å². The zero-order chi connectivity index (χ0) is 26.5. The Morgan fingerprint density at radius 1 is 0.972 bits per heavy atom. The van der Waals surface area contributed by atoms with Gasteiger partial charge in [-0.05, 0) is 42.5 Å². The van der Waals surface area contributed by atoms with Crippen molar-refractivity contribution in [3.8, 4) is 5.75 Å². The Hall–Kier alpha value is -4.17. The summed E-state index contributed by atoms with van der Waals surface area (Å²) in [6, 6.07) is 16.9. The quantitative estimate of drug-likeness (QED) is 0.296. The SMILES string of the molecule is COc1ccc([N+](=O)[O-])cc1N(CC(=O)Nc1ccc(S(=O)(=O)Nc2ccccc2)cc1)S(C)(=O)=O. The van der Waals surface area contributed by atoms with E-state index in [4.69, 9.17) is 4.74 Å². The van der Waals surface area contributed by atoms with Gasteiger partial charge < -0.3 is 10.1 Å². The van der Waals surface area contributed by atoms with E-state index in [1.807, 2.05) is 0 Å². The molecule has 0 radical (unpaired) electrons. The number of carbonyl (C=O) groups is 1. The standard InChI is InChI=1S/C22H22N4O8S2/c1-34-21-13-10-18(26(28)29)14-20(21)25(35(2,30)31)15-22(27)23-16-8-11-19(12-9-16)36(32,33)24-17-6-4-3-5-7-17/h3-14,24H,15H2,1-2H3,(H,23,27). The summed E-state index contributed by atoms with van der Waals surface area (Å²) >= 11 is 0. The molecule has 12 nitrogen and oxygen atoms in total. The zero-order valence-corrected chi connectivity index (χ0v) is 20.7. The Labute approximate surface area is 207 Å². The van der Waals surface area contributed by atoms with Crippen LogP contribution in [0.1, 0.15) is 0 Å². The van der Waals surface area contributed by atoms with E-state index in [-0.39, 0.29) is 27.7 Å². The van der Waals surface area contributed by atoms with Gasteiger partial charge in [-0.25, -0.2) is 16.8 Å². The Morgan fingerprint density at radius 2 is 1.61 bits per heavy atom. The van der Waals surface area contributed by atoms with E-state index >= 15 is 0 Å². The zero-order valence-electron chi connectivity index (χ0n) is 19.1. The molecule has 3 aromatic carbocycles. The van der Waals surface area contributed by atoms with Crippen LogP contribution in [0.2, 0.25) is 0 Å². The average Bonchev–Trinajstić information content (AvgIpc) is 2.82. The highest BCUT2D eigenvalue weighted by Gasteiger charge is 2.26. The lowest BCUT2D eigenvalue weighted by atomic mass is 10.2. The number of nitro groups is 1. The van der Waals surface area contributed by atoms with Crippen LogP contribution < -0.4 is 19.1 Å². The number of nitro benzene ring substituents is 1. The van der Waals surface area contributed by atoms with Crippen molar-refractivity contribution in [1.29, 1.82) is 0 Å². The normalized spacial score (nSPS) is 11.4. The van der Waals surface area contributed by atoms with Crippen LogP contribution in [-0.2, 0) is 24.8 Å². The predicted molar refractivity (Wildman–Crippen MR) is 134 cm³/mol. The smallest absolute Gasteiger partial charge is 0.271 e. The number of amides is 1. The van der Waals surface area contributed by atoms with Crippen LogP contribution in [-0.4, -0.2) is 47.6 Å². The minimum atomic E-state index is -4.05. The van der Waals surface area contributed by atoms with Crippen LogP contribution in [0.3, 0.4) is 0 Å². The maximum Gasteiger partial charge on any atom is 0.271 e. The summed E-state index contributed by atoms with van der Waals surface area (Å²) in [4.78, 5) is 23.1. The van der Waals surface area contributed by atoms with E-state index in [0.717, 1.165) is 18.4 Å². The minimum Gasteiger partial charge on any atom is -0.495 e. The number of rotatable bonds is 10. The number of nitrogens with zero attached hydrogens (tertiary/aromatic N) is 2. The average molecular weight is 535 g/mol. The lowest BCUT2D eigenvalue weighted by Gasteiger charge is -2.23. The molecule has 3 aromatic rings. The van der Waals surface area contributed by atoms with Gasteiger partial charge in [-0.3, -0.25) is 23.9 Å². The molecule has 0 atom stereocenters. The first-order valence-corrected chi connectivity index (χ1v) is 13.5. The molecule has 0 unspecified atom stereocenters. The number of sulfonamides is 2. The number of nitrogens with one attached hydrogen (secondary N) is 2. The molecule has 0 spiro atoms. The third-order valence-corrected chi connectivity index (χ3v) is 7.33. The van der Waals surface area contributed by atoms with Gasteiger partial charge in [0.05, 0.1) is 23.2 Å². The molecule has 0 heterocycles. The molecular formula is C22H22N4O8S2. The second kappa shape index (κ2) is 10.6. The number of anilines is 3. The number of para-hydroxylation sites is 1. The first-order valence-electron chi connectivity index (χ1n) is 10.2. The van der Waals surface area contributed by atoms with Crippen LogP contribution in [0.15, 0.2) is 77.7 Å². The maximum absolute atomic E-state index is 12.7. The summed E-state index contributed by atoms with van der Waals surface area (Å²) in [5, 5.41) is 13.6. The van der Waals surface area contributed by atoms with E-state index in [2.05, 4.69) is 10.0 Å². The van der Waals surface area contributed by atoms with Crippen LogP contribution in [0.4, 0.5) is 22.7 Å².